The number of benzene rings is 1. The maximum atomic E-state index is 13.2. The van der Waals surface area contributed by atoms with Crippen molar-refractivity contribution in [2.45, 2.75) is 83.3 Å². The molecule has 1 aromatic heterocycles. The fourth-order valence-corrected chi connectivity index (χ4v) is 6.60. The van der Waals surface area contributed by atoms with Gasteiger partial charge in [-0.1, -0.05) is 40.7 Å². The van der Waals surface area contributed by atoms with Gasteiger partial charge in [0.05, 0.1) is 10.8 Å². The van der Waals surface area contributed by atoms with Crippen molar-refractivity contribution in [2.75, 3.05) is 10.6 Å². The van der Waals surface area contributed by atoms with Crippen LogP contribution >= 0.6 is 23.1 Å². The molecule has 1 heterocycles. The van der Waals surface area contributed by atoms with Crippen LogP contribution in [0.5, 0.6) is 0 Å². The zero-order valence-electron chi connectivity index (χ0n) is 20.8. The molecule has 5 nitrogen and oxygen atoms in total. The lowest BCUT2D eigenvalue weighted by Gasteiger charge is -2.33. The number of rotatable bonds is 8. The van der Waals surface area contributed by atoms with Crippen LogP contribution < -0.4 is 10.6 Å². The van der Waals surface area contributed by atoms with Gasteiger partial charge < -0.3 is 10.6 Å². The van der Waals surface area contributed by atoms with Crippen molar-refractivity contribution >= 4 is 45.6 Å². The number of fused-ring (bicyclic) bond motifs is 1. The summed E-state index contributed by atoms with van der Waals surface area (Å²) in [5, 5.41) is 16.2. The topological polar surface area (TPSA) is 82.0 Å². The molecule has 0 fully saturated rings. The molecular weight excluding hydrogens is 462 g/mol. The van der Waals surface area contributed by atoms with Crippen molar-refractivity contribution in [3.05, 3.63) is 40.3 Å². The molecule has 2 unspecified atom stereocenters. The minimum absolute atomic E-state index is 0.00571. The highest BCUT2D eigenvalue weighted by Gasteiger charge is 2.32. The van der Waals surface area contributed by atoms with E-state index in [0.29, 0.717) is 29.3 Å². The van der Waals surface area contributed by atoms with Crippen molar-refractivity contribution < 1.29 is 9.59 Å². The normalized spacial score (nSPS) is 16.3. The van der Waals surface area contributed by atoms with E-state index >= 15 is 0 Å². The van der Waals surface area contributed by atoms with Gasteiger partial charge in [-0.3, -0.25) is 9.59 Å². The third-order valence-electron chi connectivity index (χ3n) is 6.37. The fraction of sp³-hybridized carbons (Fsp3) is 0.519. The lowest BCUT2D eigenvalue weighted by molar-refractivity contribution is -0.116. The standard InChI is InChI=1S/C27H35N3O2S2/c1-6-9-24(31)29-18-10-8-11-19(15-18)33-22(7-2)25(32)30-26-21(16-28)20-13-12-17(27(3,4)5)14-23(20)34-26/h8,10-11,15,17,22H,6-7,9,12-14H2,1-5H3,(H,29,31)(H,30,32). The number of thiophene rings is 1. The molecule has 2 atom stereocenters. The number of anilines is 2. The number of nitriles is 1. The van der Waals surface area contributed by atoms with Gasteiger partial charge in [0.25, 0.3) is 0 Å². The van der Waals surface area contributed by atoms with Gasteiger partial charge in [0.2, 0.25) is 11.8 Å². The SMILES string of the molecule is CCCC(=O)Nc1cccc(SC(CC)C(=O)Nc2sc3c(c2C#N)CCC(C(C)(C)C)C3)c1. The molecule has 0 bridgehead atoms. The van der Waals surface area contributed by atoms with Crippen molar-refractivity contribution in [1.29, 1.82) is 5.26 Å². The molecule has 7 heteroatoms. The van der Waals surface area contributed by atoms with Crippen LogP contribution in [0, 0.1) is 22.7 Å². The van der Waals surface area contributed by atoms with Crippen molar-refractivity contribution in [2.24, 2.45) is 11.3 Å². The Balaban J connectivity index is 1.72. The number of hydrogen-bond acceptors (Lipinski definition) is 5. The first-order valence-electron chi connectivity index (χ1n) is 12.1. The first-order valence-corrected chi connectivity index (χ1v) is 13.8. The van der Waals surface area contributed by atoms with E-state index in [1.54, 1.807) is 11.3 Å². The summed E-state index contributed by atoms with van der Waals surface area (Å²) >= 11 is 3.05. The zero-order valence-corrected chi connectivity index (χ0v) is 22.4. The van der Waals surface area contributed by atoms with Crippen LogP contribution in [0.3, 0.4) is 0 Å². The Morgan fingerprint density at radius 3 is 2.68 bits per heavy atom. The summed E-state index contributed by atoms with van der Waals surface area (Å²) in [7, 11) is 0. The minimum atomic E-state index is -0.297. The predicted molar refractivity (Wildman–Crippen MR) is 143 cm³/mol. The van der Waals surface area contributed by atoms with E-state index < -0.39 is 0 Å². The molecular formula is C27H35N3O2S2. The van der Waals surface area contributed by atoms with E-state index in [-0.39, 0.29) is 22.5 Å². The first-order chi connectivity index (χ1) is 16.2. The van der Waals surface area contributed by atoms with E-state index in [2.05, 4.69) is 37.5 Å². The van der Waals surface area contributed by atoms with E-state index in [4.69, 9.17) is 0 Å². The summed E-state index contributed by atoms with van der Waals surface area (Å²) in [6, 6.07) is 9.96. The fourth-order valence-electron chi connectivity index (χ4n) is 4.31. The number of thioether (sulfide) groups is 1. The molecule has 0 aliphatic heterocycles. The molecule has 1 aromatic carbocycles. The number of nitrogens with zero attached hydrogens (tertiary/aromatic N) is 1. The predicted octanol–water partition coefficient (Wildman–Crippen LogP) is 7.02. The van der Waals surface area contributed by atoms with Crippen LogP contribution in [-0.4, -0.2) is 17.1 Å². The molecule has 2 aromatic rings. The highest BCUT2D eigenvalue weighted by Crippen LogP contribution is 2.44. The van der Waals surface area contributed by atoms with Crippen LogP contribution in [0.1, 0.15) is 76.3 Å². The van der Waals surface area contributed by atoms with E-state index in [0.717, 1.165) is 41.8 Å². The second kappa shape index (κ2) is 11.4. The van der Waals surface area contributed by atoms with Crippen molar-refractivity contribution in [1.82, 2.24) is 0 Å². The lowest BCUT2D eigenvalue weighted by atomic mass is 9.72. The molecule has 2 N–H and O–H groups in total. The van der Waals surface area contributed by atoms with Gasteiger partial charge in [0, 0.05) is 21.9 Å². The van der Waals surface area contributed by atoms with Gasteiger partial charge in [-0.2, -0.15) is 5.26 Å². The molecule has 34 heavy (non-hydrogen) atoms. The van der Waals surface area contributed by atoms with Crippen LogP contribution in [0.25, 0.3) is 0 Å². The Labute approximate surface area is 211 Å². The van der Waals surface area contributed by atoms with Crippen LogP contribution in [0.15, 0.2) is 29.2 Å². The van der Waals surface area contributed by atoms with E-state index in [1.807, 2.05) is 38.1 Å². The zero-order chi connectivity index (χ0) is 24.9. The number of amides is 2. The van der Waals surface area contributed by atoms with Crippen molar-refractivity contribution in [3.8, 4) is 6.07 Å². The summed E-state index contributed by atoms with van der Waals surface area (Å²) < 4.78 is 0. The molecule has 0 spiro atoms. The Hall–Kier alpha value is -2.30. The van der Waals surface area contributed by atoms with Crippen molar-refractivity contribution in [3.63, 3.8) is 0 Å². The average molecular weight is 498 g/mol. The maximum absolute atomic E-state index is 13.2. The summed E-state index contributed by atoms with van der Waals surface area (Å²) in [5.41, 5.74) is 2.73. The Morgan fingerprint density at radius 1 is 1.26 bits per heavy atom. The summed E-state index contributed by atoms with van der Waals surface area (Å²) in [6.45, 7) is 10.8. The summed E-state index contributed by atoms with van der Waals surface area (Å²) in [5.74, 6) is 0.488. The maximum Gasteiger partial charge on any atom is 0.238 e. The second-order valence-corrected chi connectivity index (χ2v) is 12.3. The third kappa shape index (κ3) is 6.43. The summed E-state index contributed by atoms with van der Waals surface area (Å²) in [6.07, 6.45) is 4.88. The molecule has 2 amide bonds. The second-order valence-electron chi connectivity index (χ2n) is 9.96. The van der Waals surface area contributed by atoms with Crippen LogP contribution in [0.2, 0.25) is 0 Å². The highest BCUT2D eigenvalue weighted by atomic mass is 32.2. The van der Waals surface area contributed by atoms with Crippen LogP contribution in [-0.2, 0) is 22.4 Å². The van der Waals surface area contributed by atoms with E-state index in [1.165, 1.54) is 16.6 Å². The van der Waals surface area contributed by atoms with Gasteiger partial charge in [-0.15, -0.1) is 23.1 Å². The minimum Gasteiger partial charge on any atom is -0.326 e. The number of hydrogen-bond donors (Lipinski definition) is 2. The third-order valence-corrected chi connectivity index (χ3v) is 8.90. The first kappa shape index (κ1) is 26.3. The van der Waals surface area contributed by atoms with Gasteiger partial charge in [-0.05, 0) is 67.2 Å². The molecule has 0 radical (unpaired) electrons. The molecule has 182 valence electrons. The van der Waals surface area contributed by atoms with E-state index in [9.17, 15) is 14.9 Å². The smallest absolute Gasteiger partial charge is 0.238 e. The Kier molecular flexibility index (Phi) is 8.83. The molecule has 0 saturated heterocycles. The average Bonchev–Trinajstić information content (AvgIpc) is 3.13. The Morgan fingerprint density at radius 2 is 2.03 bits per heavy atom. The number of nitrogens with one attached hydrogen (secondary N) is 2. The van der Waals surface area contributed by atoms with Gasteiger partial charge in [0.15, 0.2) is 0 Å². The summed E-state index contributed by atoms with van der Waals surface area (Å²) in [4.78, 5) is 27.3. The monoisotopic (exact) mass is 497 g/mol. The largest absolute Gasteiger partial charge is 0.326 e. The molecule has 3 rings (SSSR count). The number of carbonyl (C=O) groups is 2. The van der Waals surface area contributed by atoms with Gasteiger partial charge in [0.1, 0.15) is 11.1 Å². The Bertz CT molecular complexity index is 1080. The quantitative estimate of drug-likeness (QED) is 0.384. The number of carbonyl (C=O) groups excluding carboxylic acids is 2. The molecule has 1 aliphatic rings. The molecule has 0 saturated carbocycles. The van der Waals surface area contributed by atoms with Crippen LogP contribution in [0.4, 0.5) is 10.7 Å². The van der Waals surface area contributed by atoms with Gasteiger partial charge >= 0.3 is 0 Å². The van der Waals surface area contributed by atoms with Gasteiger partial charge in [-0.25, -0.2) is 0 Å². The highest BCUT2D eigenvalue weighted by molar-refractivity contribution is 8.00. The molecule has 1 aliphatic carbocycles. The lowest BCUT2D eigenvalue weighted by Crippen LogP contribution is -2.26.